The van der Waals surface area contributed by atoms with E-state index in [1.165, 1.54) is 11.1 Å². The van der Waals surface area contributed by atoms with Crippen LogP contribution in [0.3, 0.4) is 0 Å². The van der Waals surface area contributed by atoms with Gasteiger partial charge in [-0.2, -0.15) is 0 Å². The summed E-state index contributed by atoms with van der Waals surface area (Å²) in [6.07, 6.45) is 2.81. The maximum Gasteiger partial charge on any atom is 0.119 e. The molecular formula is C21H22N2O. The van der Waals surface area contributed by atoms with Gasteiger partial charge in [0, 0.05) is 18.3 Å². The van der Waals surface area contributed by atoms with Crippen molar-refractivity contribution in [2.24, 2.45) is 0 Å². The lowest BCUT2D eigenvalue weighted by Crippen LogP contribution is -2.16. The minimum atomic E-state index is 0.852. The van der Waals surface area contributed by atoms with Crippen LogP contribution < -0.4 is 10.1 Å². The molecule has 122 valence electrons. The van der Waals surface area contributed by atoms with E-state index in [4.69, 9.17) is 4.74 Å². The summed E-state index contributed by atoms with van der Waals surface area (Å²) >= 11 is 0. The first-order valence-electron chi connectivity index (χ1n) is 8.19. The molecule has 0 aliphatic carbocycles. The number of benzene rings is 2. The summed E-state index contributed by atoms with van der Waals surface area (Å²) < 4.78 is 5.26. The third-order valence-electron chi connectivity index (χ3n) is 3.94. The summed E-state index contributed by atoms with van der Waals surface area (Å²) in [6.45, 7) is 1.78. The lowest BCUT2D eigenvalue weighted by molar-refractivity contribution is 0.414. The predicted octanol–water partition coefficient (Wildman–Crippen LogP) is 4.09. The van der Waals surface area contributed by atoms with Gasteiger partial charge < -0.3 is 10.1 Å². The second kappa shape index (κ2) is 8.27. The quantitative estimate of drug-likeness (QED) is 0.666. The monoisotopic (exact) mass is 318 g/mol. The van der Waals surface area contributed by atoms with Gasteiger partial charge in [-0.05, 0) is 54.4 Å². The number of nitrogens with zero attached hydrogens (tertiary/aromatic N) is 1. The number of ether oxygens (including phenoxy) is 1. The molecule has 1 heterocycles. The highest BCUT2D eigenvalue weighted by atomic mass is 16.5. The number of rotatable bonds is 7. The van der Waals surface area contributed by atoms with Gasteiger partial charge in [0.15, 0.2) is 0 Å². The first kappa shape index (κ1) is 16.2. The van der Waals surface area contributed by atoms with E-state index in [9.17, 15) is 0 Å². The largest absolute Gasteiger partial charge is 0.497 e. The van der Waals surface area contributed by atoms with E-state index >= 15 is 0 Å². The molecule has 24 heavy (non-hydrogen) atoms. The van der Waals surface area contributed by atoms with Crippen LogP contribution in [-0.2, 0) is 13.0 Å². The summed E-state index contributed by atoms with van der Waals surface area (Å²) in [4.78, 5) is 4.41. The van der Waals surface area contributed by atoms with Crippen molar-refractivity contribution in [3.05, 3.63) is 84.1 Å². The summed E-state index contributed by atoms with van der Waals surface area (Å²) in [5.41, 5.74) is 4.71. The van der Waals surface area contributed by atoms with Gasteiger partial charge >= 0.3 is 0 Å². The molecule has 0 saturated carbocycles. The number of aromatic nitrogens is 1. The van der Waals surface area contributed by atoms with Gasteiger partial charge in [-0.1, -0.05) is 36.4 Å². The van der Waals surface area contributed by atoms with Gasteiger partial charge in [-0.25, -0.2) is 0 Å². The van der Waals surface area contributed by atoms with Crippen LogP contribution in [0.2, 0.25) is 0 Å². The highest BCUT2D eigenvalue weighted by Gasteiger charge is 2.00. The third-order valence-corrected chi connectivity index (χ3v) is 3.94. The van der Waals surface area contributed by atoms with E-state index in [0.29, 0.717) is 0 Å². The molecule has 0 amide bonds. The highest BCUT2D eigenvalue weighted by molar-refractivity contribution is 5.59. The molecule has 0 aliphatic rings. The van der Waals surface area contributed by atoms with Crippen molar-refractivity contribution in [3.63, 3.8) is 0 Å². The Kier molecular flexibility index (Phi) is 5.59. The average Bonchev–Trinajstić information content (AvgIpc) is 2.66. The lowest BCUT2D eigenvalue weighted by Gasteiger charge is -2.08. The van der Waals surface area contributed by atoms with Crippen LogP contribution in [0.1, 0.15) is 11.1 Å². The highest BCUT2D eigenvalue weighted by Crippen LogP contribution is 2.17. The van der Waals surface area contributed by atoms with Gasteiger partial charge in [0.05, 0.1) is 12.8 Å². The fraction of sp³-hybridized carbons (Fsp3) is 0.190. The molecule has 3 aromatic rings. The second-order valence-corrected chi connectivity index (χ2v) is 5.69. The summed E-state index contributed by atoms with van der Waals surface area (Å²) in [5, 5.41) is 3.51. The van der Waals surface area contributed by atoms with Crippen LogP contribution in [-0.4, -0.2) is 18.6 Å². The normalized spacial score (nSPS) is 10.5. The molecule has 2 aromatic carbocycles. The van der Waals surface area contributed by atoms with Crippen LogP contribution in [0, 0.1) is 0 Å². The first-order valence-corrected chi connectivity index (χ1v) is 8.19. The zero-order valence-electron chi connectivity index (χ0n) is 13.9. The van der Waals surface area contributed by atoms with Gasteiger partial charge in [-0.15, -0.1) is 0 Å². The maximum atomic E-state index is 5.26. The fourth-order valence-corrected chi connectivity index (χ4v) is 2.67. The second-order valence-electron chi connectivity index (χ2n) is 5.69. The Balaban J connectivity index is 1.53. The van der Waals surface area contributed by atoms with Crippen molar-refractivity contribution in [2.75, 3.05) is 13.7 Å². The smallest absolute Gasteiger partial charge is 0.119 e. The van der Waals surface area contributed by atoms with E-state index < -0.39 is 0 Å². The average molecular weight is 318 g/mol. The zero-order chi connectivity index (χ0) is 16.6. The molecule has 0 bridgehead atoms. The Morgan fingerprint density at radius 2 is 1.79 bits per heavy atom. The molecular weight excluding hydrogens is 296 g/mol. The molecule has 0 spiro atoms. The van der Waals surface area contributed by atoms with E-state index in [1.54, 1.807) is 7.11 Å². The minimum absolute atomic E-state index is 0.852. The topological polar surface area (TPSA) is 34.1 Å². The zero-order valence-corrected chi connectivity index (χ0v) is 13.9. The molecule has 3 nitrogen and oxygen atoms in total. The van der Waals surface area contributed by atoms with Gasteiger partial charge in [0.2, 0.25) is 0 Å². The molecule has 3 rings (SSSR count). The number of hydrogen-bond acceptors (Lipinski definition) is 3. The Hall–Kier alpha value is -2.65. The third kappa shape index (κ3) is 4.43. The molecule has 0 radical (unpaired) electrons. The van der Waals surface area contributed by atoms with Gasteiger partial charge in [0.25, 0.3) is 0 Å². The van der Waals surface area contributed by atoms with Crippen molar-refractivity contribution in [2.45, 2.75) is 13.0 Å². The number of pyridine rings is 1. The van der Waals surface area contributed by atoms with Crippen molar-refractivity contribution < 1.29 is 4.74 Å². The van der Waals surface area contributed by atoms with Crippen LogP contribution >= 0.6 is 0 Å². The Labute approximate surface area is 143 Å². The minimum Gasteiger partial charge on any atom is -0.497 e. The molecule has 3 heteroatoms. The molecule has 0 fully saturated rings. The molecule has 0 aliphatic heterocycles. The fourth-order valence-electron chi connectivity index (χ4n) is 2.67. The number of hydrogen-bond donors (Lipinski definition) is 1. The van der Waals surface area contributed by atoms with Crippen molar-refractivity contribution >= 4 is 0 Å². The van der Waals surface area contributed by atoms with Crippen molar-refractivity contribution in [3.8, 4) is 17.0 Å². The van der Waals surface area contributed by atoms with Crippen LogP contribution in [0.4, 0.5) is 0 Å². The Morgan fingerprint density at radius 3 is 2.62 bits per heavy atom. The van der Waals surface area contributed by atoms with Crippen LogP contribution in [0.25, 0.3) is 11.3 Å². The van der Waals surface area contributed by atoms with Gasteiger partial charge in [0.1, 0.15) is 5.75 Å². The molecule has 1 N–H and O–H groups in total. The van der Waals surface area contributed by atoms with E-state index in [-0.39, 0.29) is 0 Å². The van der Waals surface area contributed by atoms with Crippen molar-refractivity contribution in [1.29, 1.82) is 0 Å². The van der Waals surface area contributed by atoms with Gasteiger partial charge in [-0.3, -0.25) is 4.98 Å². The Morgan fingerprint density at radius 1 is 0.917 bits per heavy atom. The van der Waals surface area contributed by atoms with E-state index in [2.05, 4.69) is 46.7 Å². The Bertz CT molecular complexity index is 772. The van der Waals surface area contributed by atoms with E-state index in [1.807, 2.05) is 36.5 Å². The van der Waals surface area contributed by atoms with Crippen LogP contribution in [0.15, 0.2) is 72.9 Å². The van der Waals surface area contributed by atoms with Crippen LogP contribution in [0.5, 0.6) is 5.75 Å². The van der Waals surface area contributed by atoms with E-state index in [0.717, 1.165) is 36.5 Å². The van der Waals surface area contributed by atoms with Crippen molar-refractivity contribution in [1.82, 2.24) is 10.3 Å². The molecule has 0 atom stereocenters. The summed E-state index contributed by atoms with van der Waals surface area (Å²) in [7, 11) is 1.70. The predicted molar refractivity (Wildman–Crippen MR) is 98.1 cm³/mol. The SMILES string of the molecule is COc1cccc(CCNCc2cccc(-c3ccccn3)c2)c1. The first-order chi connectivity index (χ1) is 11.8. The standard InChI is InChI=1S/C21H22N2O/c1-24-20-9-5-6-17(15-20)11-13-22-16-18-7-4-8-19(14-18)21-10-2-3-12-23-21/h2-10,12,14-15,22H,11,13,16H2,1H3. The summed E-state index contributed by atoms with van der Waals surface area (Å²) in [5.74, 6) is 0.913. The molecule has 1 aromatic heterocycles. The maximum absolute atomic E-state index is 5.26. The molecule has 0 unspecified atom stereocenters. The number of methoxy groups -OCH3 is 1. The number of nitrogens with one attached hydrogen (secondary N) is 1. The lowest BCUT2D eigenvalue weighted by atomic mass is 10.1. The molecule has 0 saturated heterocycles. The summed E-state index contributed by atoms with van der Waals surface area (Å²) in [6, 6.07) is 22.7.